The quantitative estimate of drug-likeness (QED) is 0.397. The molecule has 9 heavy (non-hydrogen) atoms. The molecule has 0 saturated heterocycles. The van der Waals surface area contributed by atoms with Crippen molar-refractivity contribution < 1.29 is 4.92 Å². The minimum absolute atomic E-state index is 0.500. The molecular weight excluding hydrogens is 120 g/mol. The predicted octanol–water partition coefficient (Wildman–Crippen LogP) is 0.884. The second-order valence-electron chi connectivity index (χ2n) is 0.848. The van der Waals surface area contributed by atoms with Crippen molar-refractivity contribution in [3.8, 4) is 0 Å². The first kappa shape index (κ1) is 15.8. The fraction of sp³-hybridized carbons (Fsp3) is 1.00. The van der Waals surface area contributed by atoms with Crippen molar-refractivity contribution in [3.05, 3.63) is 10.1 Å². The highest BCUT2D eigenvalue weighted by molar-refractivity contribution is 4.00. The third-order valence-corrected chi connectivity index (χ3v) is 0. The highest BCUT2D eigenvalue weighted by Crippen LogP contribution is 1.39. The summed E-state index contributed by atoms with van der Waals surface area (Å²) in [6.45, 7) is 6.65. The molecule has 0 atom stereocenters. The molecule has 0 aliphatic rings. The van der Waals surface area contributed by atoms with Crippen LogP contribution < -0.4 is 5.73 Å². The number of hydrogen-bond donors (Lipinski definition) is 1. The highest BCUT2D eigenvalue weighted by atomic mass is 16.6. The van der Waals surface area contributed by atoms with Crippen molar-refractivity contribution in [3.63, 3.8) is 0 Å². The molecule has 58 valence electrons. The molecule has 0 radical (unpaired) electrons. The first-order chi connectivity index (χ1) is 4.15. The average molecular weight is 136 g/mol. The lowest BCUT2D eigenvalue weighted by Crippen LogP contribution is -1.87. The van der Waals surface area contributed by atoms with Crippen LogP contribution in [0, 0.1) is 10.1 Å². The van der Waals surface area contributed by atoms with Crippen LogP contribution in [0.25, 0.3) is 0 Å². The van der Waals surface area contributed by atoms with E-state index in [4.69, 9.17) is 15.8 Å². The smallest absolute Gasteiger partial charge is 0.194 e. The fourth-order valence-electron chi connectivity index (χ4n) is 0. The summed E-state index contributed by atoms with van der Waals surface area (Å²) in [6, 6.07) is 0. The Labute approximate surface area is 56.2 Å². The van der Waals surface area contributed by atoms with E-state index in [9.17, 15) is 0 Å². The van der Waals surface area contributed by atoms with E-state index >= 15 is 0 Å². The Balaban J connectivity index is -0.0000000646. The van der Waals surface area contributed by atoms with E-state index in [1.807, 2.05) is 20.8 Å². The largest absolute Gasteiger partial charge is 0.331 e. The van der Waals surface area contributed by atoms with Gasteiger partial charge in [-0.1, -0.05) is 20.8 Å². The van der Waals surface area contributed by atoms with E-state index < -0.39 is 4.92 Å². The number of hydrogen-bond acceptors (Lipinski definition) is 3. The van der Waals surface area contributed by atoms with Crippen LogP contribution in [0.4, 0.5) is 0 Å². The third-order valence-electron chi connectivity index (χ3n) is 0. The van der Waals surface area contributed by atoms with Gasteiger partial charge in [0.05, 0.1) is 0 Å². The Morgan fingerprint density at radius 2 is 1.56 bits per heavy atom. The molecule has 0 bridgehead atoms. The van der Waals surface area contributed by atoms with Gasteiger partial charge in [-0.25, -0.2) is 0 Å². The molecule has 4 nitrogen and oxygen atoms in total. The van der Waals surface area contributed by atoms with Gasteiger partial charge in [-0.2, -0.15) is 0 Å². The topological polar surface area (TPSA) is 69.2 Å². The molecule has 0 aromatic carbocycles. The Morgan fingerprint density at radius 3 is 1.56 bits per heavy atom. The summed E-state index contributed by atoms with van der Waals surface area (Å²) in [5, 5.41) is 8.81. The summed E-state index contributed by atoms with van der Waals surface area (Å²) >= 11 is 0. The molecule has 0 aromatic rings. The lowest BCUT2D eigenvalue weighted by molar-refractivity contribution is -0.445. The molecule has 0 heterocycles. The number of rotatable bonds is 0. The molecule has 4 heteroatoms. The van der Waals surface area contributed by atoms with E-state index in [1.165, 1.54) is 0 Å². The minimum atomic E-state index is -0.500. The zero-order valence-corrected chi connectivity index (χ0v) is 6.55. The molecule has 0 aliphatic carbocycles. The number of nitrogens with zero attached hydrogens (tertiary/aromatic N) is 1. The molecule has 0 spiro atoms. The van der Waals surface area contributed by atoms with Gasteiger partial charge >= 0.3 is 0 Å². The van der Waals surface area contributed by atoms with E-state index in [-0.39, 0.29) is 0 Å². The van der Waals surface area contributed by atoms with Crippen molar-refractivity contribution >= 4 is 0 Å². The van der Waals surface area contributed by atoms with Crippen molar-refractivity contribution in [1.82, 2.24) is 0 Å². The molecule has 0 rings (SSSR count). The SMILES string of the molecule is CC.CCN.C[N+](=O)[O-]. The second-order valence-corrected chi connectivity index (χ2v) is 0.848. The highest BCUT2D eigenvalue weighted by Gasteiger charge is 1.57. The molecule has 0 saturated carbocycles. The van der Waals surface area contributed by atoms with E-state index in [1.54, 1.807) is 0 Å². The Hall–Kier alpha value is -0.640. The Kier molecular flexibility index (Phi) is 46.2. The van der Waals surface area contributed by atoms with E-state index in [0.717, 1.165) is 13.6 Å². The average Bonchev–Trinajstić information content (AvgIpc) is 1.71. The fourth-order valence-corrected chi connectivity index (χ4v) is 0. The van der Waals surface area contributed by atoms with Crippen LogP contribution in [-0.4, -0.2) is 18.5 Å². The summed E-state index contributed by atoms with van der Waals surface area (Å²) in [4.78, 5) is 8.31. The third kappa shape index (κ3) is 516. The first-order valence-electron chi connectivity index (χ1n) is 2.93. The maximum Gasteiger partial charge on any atom is 0.194 e. The van der Waals surface area contributed by atoms with Gasteiger partial charge in [0.15, 0.2) is 7.05 Å². The standard InChI is InChI=1S/C2H7N.C2H6.CH3NO2/c1-2-3;1-2;1-2(3)4/h2-3H2,1H3;1-2H3;1H3. The monoisotopic (exact) mass is 136 g/mol. The lowest BCUT2D eigenvalue weighted by Gasteiger charge is -1.63. The zero-order chi connectivity index (χ0) is 8.28. The van der Waals surface area contributed by atoms with Gasteiger partial charge in [0.2, 0.25) is 0 Å². The number of nitro groups is 1. The van der Waals surface area contributed by atoms with Crippen LogP contribution in [0.5, 0.6) is 0 Å². The van der Waals surface area contributed by atoms with E-state index in [2.05, 4.69) is 0 Å². The maximum atomic E-state index is 8.81. The molecule has 0 aromatic heterocycles. The molecule has 0 amide bonds. The molecule has 0 fully saturated rings. The van der Waals surface area contributed by atoms with Gasteiger partial charge in [0.1, 0.15) is 0 Å². The van der Waals surface area contributed by atoms with Gasteiger partial charge in [0, 0.05) is 4.92 Å². The van der Waals surface area contributed by atoms with Gasteiger partial charge in [0.25, 0.3) is 0 Å². The van der Waals surface area contributed by atoms with E-state index in [0.29, 0.717) is 0 Å². The summed E-state index contributed by atoms with van der Waals surface area (Å²) in [7, 11) is 0.889. The van der Waals surface area contributed by atoms with Gasteiger partial charge < -0.3 is 5.73 Å². The summed E-state index contributed by atoms with van der Waals surface area (Å²) in [5.74, 6) is 0. The van der Waals surface area contributed by atoms with Crippen LogP contribution in [0.15, 0.2) is 0 Å². The normalized spacial score (nSPS) is 5.44. The molecule has 0 unspecified atom stereocenters. The van der Waals surface area contributed by atoms with Crippen LogP contribution >= 0.6 is 0 Å². The first-order valence-corrected chi connectivity index (χ1v) is 2.93. The summed E-state index contributed by atoms with van der Waals surface area (Å²) < 4.78 is 0. The second kappa shape index (κ2) is 26.4. The van der Waals surface area contributed by atoms with Gasteiger partial charge in [-0.05, 0) is 6.54 Å². The van der Waals surface area contributed by atoms with Crippen LogP contribution in [0.1, 0.15) is 20.8 Å². The zero-order valence-electron chi connectivity index (χ0n) is 6.55. The maximum absolute atomic E-state index is 8.81. The van der Waals surface area contributed by atoms with Crippen LogP contribution in [-0.2, 0) is 0 Å². The minimum Gasteiger partial charge on any atom is -0.331 e. The van der Waals surface area contributed by atoms with Crippen molar-refractivity contribution in [2.75, 3.05) is 13.6 Å². The number of nitrogens with two attached hydrogens (primary N) is 1. The van der Waals surface area contributed by atoms with Crippen LogP contribution in [0.3, 0.4) is 0 Å². The van der Waals surface area contributed by atoms with Crippen LogP contribution in [0.2, 0.25) is 0 Å². The predicted molar refractivity (Wildman–Crippen MR) is 39.0 cm³/mol. The summed E-state index contributed by atoms with van der Waals surface area (Å²) in [6.07, 6.45) is 0. The molecule has 0 aliphatic heterocycles. The van der Waals surface area contributed by atoms with Crippen molar-refractivity contribution in [2.24, 2.45) is 5.73 Å². The van der Waals surface area contributed by atoms with Crippen molar-refractivity contribution in [2.45, 2.75) is 20.8 Å². The summed E-state index contributed by atoms with van der Waals surface area (Å²) in [5.41, 5.74) is 4.85. The molecular formula is C5H16N2O2. The Morgan fingerprint density at radius 1 is 1.56 bits per heavy atom. The lowest BCUT2D eigenvalue weighted by atomic mass is 10.8. The van der Waals surface area contributed by atoms with Gasteiger partial charge in [-0.15, -0.1) is 0 Å². The van der Waals surface area contributed by atoms with Gasteiger partial charge in [-0.3, -0.25) is 10.1 Å². The molecule has 2 N–H and O–H groups in total. The van der Waals surface area contributed by atoms with Crippen molar-refractivity contribution in [1.29, 1.82) is 0 Å². The Bertz CT molecular complexity index is 44.2.